The standard InChI is InChI=1S/C25H31N3O2/c1-18-7-12-22(19(2)15-18)23-16-24(20-8-10-21(30-3)11-9-20)28(26-23)25(29)17-27-13-5-4-6-14-27/h7-12,15,24H,4-6,13-14,16-17H2,1-3H3. The van der Waals surface area contributed by atoms with Crippen molar-refractivity contribution in [2.45, 2.75) is 45.6 Å². The van der Waals surface area contributed by atoms with Gasteiger partial charge in [0.2, 0.25) is 0 Å². The molecule has 0 N–H and O–H groups in total. The second-order valence-electron chi connectivity index (χ2n) is 8.43. The predicted molar refractivity (Wildman–Crippen MR) is 120 cm³/mol. The van der Waals surface area contributed by atoms with Gasteiger partial charge in [-0.2, -0.15) is 5.10 Å². The van der Waals surface area contributed by atoms with Crippen molar-refractivity contribution in [2.24, 2.45) is 5.10 Å². The maximum absolute atomic E-state index is 13.3. The van der Waals surface area contributed by atoms with Gasteiger partial charge >= 0.3 is 0 Å². The van der Waals surface area contributed by atoms with Crippen LogP contribution in [0.4, 0.5) is 0 Å². The lowest BCUT2D eigenvalue weighted by Crippen LogP contribution is -2.40. The first-order valence-electron chi connectivity index (χ1n) is 10.9. The van der Waals surface area contributed by atoms with E-state index in [1.54, 1.807) is 12.1 Å². The number of likely N-dealkylation sites (tertiary alicyclic amines) is 1. The number of rotatable bonds is 5. The lowest BCUT2D eigenvalue weighted by molar-refractivity contribution is -0.134. The summed E-state index contributed by atoms with van der Waals surface area (Å²) in [5.41, 5.74) is 5.64. The number of carbonyl (C=O) groups excluding carboxylic acids is 1. The van der Waals surface area contributed by atoms with Crippen LogP contribution in [0.25, 0.3) is 0 Å². The number of hydrogen-bond acceptors (Lipinski definition) is 4. The average Bonchev–Trinajstić information content (AvgIpc) is 3.20. The second-order valence-corrected chi connectivity index (χ2v) is 8.43. The fourth-order valence-corrected chi connectivity index (χ4v) is 4.51. The molecule has 1 unspecified atom stereocenters. The van der Waals surface area contributed by atoms with E-state index in [-0.39, 0.29) is 11.9 Å². The van der Waals surface area contributed by atoms with Gasteiger partial charge < -0.3 is 4.74 Å². The summed E-state index contributed by atoms with van der Waals surface area (Å²) in [6.07, 6.45) is 4.33. The number of hydrazone groups is 1. The molecule has 30 heavy (non-hydrogen) atoms. The fourth-order valence-electron chi connectivity index (χ4n) is 4.51. The number of benzene rings is 2. The van der Waals surface area contributed by atoms with Crippen LogP contribution >= 0.6 is 0 Å². The zero-order valence-corrected chi connectivity index (χ0v) is 18.2. The maximum atomic E-state index is 13.3. The summed E-state index contributed by atoms with van der Waals surface area (Å²) in [5, 5.41) is 6.58. The van der Waals surface area contributed by atoms with Crippen LogP contribution in [0.15, 0.2) is 47.6 Å². The lowest BCUT2D eigenvalue weighted by Gasteiger charge is -2.29. The van der Waals surface area contributed by atoms with Gasteiger partial charge in [-0.3, -0.25) is 9.69 Å². The summed E-state index contributed by atoms with van der Waals surface area (Å²) in [6, 6.07) is 14.4. The molecule has 2 heterocycles. The molecule has 0 aromatic heterocycles. The molecule has 1 amide bonds. The third kappa shape index (κ3) is 4.41. The number of carbonyl (C=O) groups is 1. The average molecular weight is 406 g/mol. The van der Waals surface area contributed by atoms with Crippen molar-refractivity contribution in [3.05, 3.63) is 64.7 Å². The molecule has 5 heteroatoms. The van der Waals surface area contributed by atoms with Crippen LogP contribution in [-0.2, 0) is 4.79 Å². The van der Waals surface area contributed by atoms with Crippen LogP contribution in [0.5, 0.6) is 5.75 Å². The van der Waals surface area contributed by atoms with E-state index in [2.05, 4.69) is 36.9 Å². The third-order valence-corrected chi connectivity index (χ3v) is 6.17. The zero-order valence-electron chi connectivity index (χ0n) is 18.2. The monoisotopic (exact) mass is 405 g/mol. The highest BCUT2D eigenvalue weighted by atomic mass is 16.5. The first-order chi connectivity index (χ1) is 14.5. The van der Waals surface area contributed by atoms with Gasteiger partial charge in [0.25, 0.3) is 5.91 Å². The normalized spacial score (nSPS) is 19.6. The van der Waals surface area contributed by atoms with Crippen molar-refractivity contribution >= 4 is 11.6 Å². The molecular weight excluding hydrogens is 374 g/mol. The number of methoxy groups -OCH3 is 1. The van der Waals surface area contributed by atoms with Crippen LogP contribution in [0.3, 0.4) is 0 Å². The van der Waals surface area contributed by atoms with Crippen LogP contribution < -0.4 is 4.74 Å². The van der Waals surface area contributed by atoms with E-state index in [4.69, 9.17) is 9.84 Å². The van der Waals surface area contributed by atoms with Gasteiger partial charge in [0.05, 0.1) is 25.4 Å². The van der Waals surface area contributed by atoms with Gasteiger partial charge in [-0.25, -0.2) is 5.01 Å². The number of aryl methyl sites for hydroxylation is 2. The topological polar surface area (TPSA) is 45.1 Å². The summed E-state index contributed by atoms with van der Waals surface area (Å²) < 4.78 is 5.31. The van der Waals surface area contributed by atoms with Crippen LogP contribution in [-0.4, -0.2) is 48.3 Å². The van der Waals surface area contributed by atoms with E-state index < -0.39 is 0 Å². The quantitative estimate of drug-likeness (QED) is 0.737. The highest BCUT2D eigenvalue weighted by molar-refractivity contribution is 6.04. The molecule has 1 saturated heterocycles. The SMILES string of the molecule is COc1ccc(C2CC(c3ccc(C)cc3C)=NN2C(=O)CN2CCCCC2)cc1. The number of ether oxygens (including phenoxy) is 1. The number of piperidine rings is 1. The molecule has 2 aromatic rings. The Morgan fingerprint density at radius 1 is 1.07 bits per heavy atom. The molecule has 0 saturated carbocycles. The van der Waals surface area contributed by atoms with Crippen molar-refractivity contribution < 1.29 is 9.53 Å². The van der Waals surface area contributed by atoms with Gasteiger partial charge in [-0.1, -0.05) is 42.3 Å². The van der Waals surface area contributed by atoms with Crippen molar-refractivity contribution in [2.75, 3.05) is 26.7 Å². The molecular formula is C25H31N3O2. The van der Waals surface area contributed by atoms with Crippen molar-refractivity contribution in [1.29, 1.82) is 0 Å². The van der Waals surface area contributed by atoms with Gasteiger partial charge in [0.15, 0.2) is 0 Å². The smallest absolute Gasteiger partial charge is 0.257 e. The van der Waals surface area contributed by atoms with Crippen LogP contribution in [0, 0.1) is 13.8 Å². The highest BCUT2D eigenvalue weighted by Gasteiger charge is 2.34. The third-order valence-electron chi connectivity index (χ3n) is 6.17. The maximum Gasteiger partial charge on any atom is 0.257 e. The van der Waals surface area contributed by atoms with E-state index >= 15 is 0 Å². The molecule has 0 radical (unpaired) electrons. The molecule has 0 aliphatic carbocycles. The molecule has 1 fully saturated rings. The first-order valence-corrected chi connectivity index (χ1v) is 10.9. The van der Waals surface area contributed by atoms with Gasteiger partial charge in [-0.15, -0.1) is 0 Å². The molecule has 4 rings (SSSR count). The first kappa shape index (κ1) is 20.6. The van der Waals surface area contributed by atoms with E-state index in [1.165, 1.54) is 30.4 Å². The Balaban J connectivity index is 1.62. The van der Waals surface area contributed by atoms with E-state index in [1.807, 2.05) is 24.3 Å². The highest BCUT2D eigenvalue weighted by Crippen LogP contribution is 2.34. The molecule has 1 atom stereocenters. The number of amides is 1. The van der Waals surface area contributed by atoms with Gasteiger partial charge in [0.1, 0.15) is 5.75 Å². The Morgan fingerprint density at radius 2 is 1.80 bits per heavy atom. The van der Waals surface area contributed by atoms with Gasteiger partial charge in [-0.05, 0) is 63.0 Å². The summed E-state index contributed by atoms with van der Waals surface area (Å²) in [7, 11) is 1.67. The van der Waals surface area contributed by atoms with E-state index in [9.17, 15) is 4.79 Å². The Kier molecular flexibility index (Phi) is 6.18. The second kappa shape index (κ2) is 9.00. The minimum Gasteiger partial charge on any atom is -0.497 e. The molecule has 5 nitrogen and oxygen atoms in total. The Bertz CT molecular complexity index is 930. The summed E-state index contributed by atoms with van der Waals surface area (Å²) in [5.74, 6) is 0.899. The van der Waals surface area contributed by atoms with Crippen molar-refractivity contribution in [1.82, 2.24) is 9.91 Å². The summed E-state index contributed by atoms with van der Waals surface area (Å²) >= 11 is 0. The van der Waals surface area contributed by atoms with Crippen LogP contribution in [0.1, 0.15) is 54.0 Å². The molecule has 0 bridgehead atoms. The predicted octanol–water partition coefficient (Wildman–Crippen LogP) is 4.48. The Labute approximate surface area is 179 Å². The molecule has 158 valence electrons. The molecule has 2 aliphatic rings. The minimum absolute atomic E-state index is 0.0797. The Hall–Kier alpha value is -2.66. The van der Waals surface area contributed by atoms with Gasteiger partial charge in [0, 0.05) is 12.0 Å². The lowest BCUT2D eigenvalue weighted by atomic mass is 9.95. The van der Waals surface area contributed by atoms with Crippen LogP contribution in [0.2, 0.25) is 0 Å². The fraction of sp³-hybridized carbons (Fsp3) is 0.440. The molecule has 0 spiro atoms. The van der Waals surface area contributed by atoms with Crippen molar-refractivity contribution in [3.8, 4) is 5.75 Å². The number of nitrogens with zero attached hydrogens (tertiary/aromatic N) is 3. The minimum atomic E-state index is -0.0797. The zero-order chi connectivity index (χ0) is 21.1. The van der Waals surface area contributed by atoms with E-state index in [0.29, 0.717) is 6.54 Å². The Morgan fingerprint density at radius 3 is 2.47 bits per heavy atom. The molecule has 2 aliphatic heterocycles. The van der Waals surface area contributed by atoms with E-state index in [0.717, 1.165) is 42.1 Å². The summed E-state index contributed by atoms with van der Waals surface area (Å²) in [4.78, 5) is 15.6. The summed E-state index contributed by atoms with van der Waals surface area (Å²) in [6.45, 7) is 6.66. The van der Waals surface area contributed by atoms with Crippen molar-refractivity contribution in [3.63, 3.8) is 0 Å². The largest absolute Gasteiger partial charge is 0.497 e. The number of hydrogen-bond donors (Lipinski definition) is 0. The molecule has 2 aromatic carbocycles.